The molecule has 2 aromatic carbocycles. The normalized spacial score (nSPS) is 12.4. The van der Waals surface area contributed by atoms with E-state index in [4.69, 9.17) is 11.6 Å². The van der Waals surface area contributed by atoms with Crippen LogP contribution in [0.15, 0.2) is 53.4 Å². The fourth-order valence-corrected chi connectivity index (χ4v) is 4.18. The smallest absolute Gasteiger partial charge is 0.309 e. The summed E-state index contributed by atoms with van der Waals surface area (Å²) in [5.41, 5.74) is 2.33. The Bertz CT molecular complexity index is 911. The van der Waals surface area contributed by atoms with Crippen molar-refractivity contribution < 1.29 is 14.3 Å². The Morgan fingerprint density at radius 3 is 2.60 bits per heavy atom. The molecule has 1 aromatic heterocycles. The average molecular weight is 378 g/mol. The molecule has 3 nitrogen and oxygen atoms in total. The van der Waals surface area contributed by atoms with E-state index in [9.17, 15) is 14.3 Å². The van der Waals surface area contributed by atoms with E-state index in [1.807, 2.05) is 47.2 Å². The van der Waals surface area contributed by atoms with Crippen molar-refractivity contribution in [1.82, 2.24) is 4.57 Å². The number of alkyl halides is 2. The molecule has 0 radical (unpaired) electrons. The second-order valence-electron chi connectivity index (χ2n) is 5.65. The van der Waals surface area contributed by atoms with Crippen LogP contribution in [0, 0.1) is 0 Å². The SMILES string of the molecule is CSc1c(CC(=O)O)n(C(Cl)c2ccccc2)c2ccc(CF)cc12. The molecule has 0 saturated carbocycles. The van der Waals surface area contributed by atoms with Gasteiger partial charge in [-0.05, 0) is 29.5 Å². The van der Waals surface area contributed by atoms with Crippen LogP contribution in [0.25, 0.3) is 10.9 Å². The molecule has 1 atom stereocenters. The Balaban J connectivity index is 2.29. The molecule has 1 heterocycles. The lowest BCUT2D eigenvalue weighted by Gasteiger charge is -2.17. The van der Waals surface area contributed by atoms with Gasteiger partial charge in [-0.15, -0.1) is 11.8 Å². The van der Waals surface area contributed by atoms with Gasteiger partial charge in [0.15, 0.2) is 0 Å². The Labute approximate surface area is 154 Å². The van der Waals surface area contributed by atoms with Crippen molar-refractivity contribution in [3.63, 3.8) is 0 Å². The maximum absolute atomic E-state index is 13.1. The van der Waals surface area contributed by atoms with Gasteiger partial charge >= 0.3 is 5.97 Å². The van der Waals surface area contributed by atoms with Gasteiger partial charge in [-0.2, -0.15) is 0 Å². The van der Waals surface area contributed by atoms with Crippen molar-refractivity contribution in [3.8, 4) is 0 Å². The summed E-state index contributed by atoms with van der Waals surface area (Å²) in [6.45, 7) is -0.563. The summed E-state index contributed by atoms with van der Waals surface area (Å²) in [5, 5.41) is 10.2. The van der Waals surface area contributed by atoms with Crippen LogP contribution in [-0.2, 0) is 17.9 Å². The summed E-state index contributed by atoms with van der Waals surface area (Å²) in [6.07, 6.45) is 1.74. The molecule has 1 N–H and O–H groups in total. The summed E-state index contributed by atoms with van der Waals surface area (Å²) in [4.78, 5) is 12.3. The zero-order chi connectivity index (χ0) is 18.0. The first kappa shape index (κ1) is 17.8. The number of fused-ring (bicyclic) bond motifs is 1. The zero-order valence-electron chi connectivity index (χ0n) is 13.6. The molecule has 1 unspecified atom stereocenters. The lowest BCUT2D eigenvalue weighted by molar-refractivity contribution is -0.136. The number of hydrogen-bond donors (Lipinski definition) is 1. The van der Waals surface area contributed by atoms with Crippen LogP contribution in [0.1, 0.15) is 22.3 Å². The fraction of sp³-hybridized carbons (Fsp3) is 0.211. The van der Waals surface area contributed by atoms with Crippen LogP contribution in [-0.4, -0.2) is 21.9 Å². The number of halogens is 2. The number of carboxylic acid groups (broad SMARTS) is 1. The molecule has 3 aromatic rings. The molecular weight excluding hydrogens is 361 g/mol. The van der Waals surface area contributed by atoms with E-state index in [-0.39, 0.29) is 6.42 Å². The average Bonchev–Trinajstić information content (AvgIpc) is 2.93. The summed E-state index contributed by atoms with van der Waals surface area (Å²) in [7, 11) is 0. The van der Waals surface area contributed by atoms with Crippen molar-refractivity contribution in [3.05, 3.63) is 65.4 Å². The molecule has 130 valence electrons. The fourth-order valence-electron chi connectivity index (χ4n) is 3.02. The third kappa shape index (κ3) is 3.39. The van der Waals surface area contributed by atoms with Crippen LogP contribution in [0.5, 0.6) is 0 Å². The molecule has 3 rings (SSSR count). The predicted molar refractivity (Wildman–Crippen MR) is 100 cm³/mol. The van der Waals surface area contributed by atoms with Gasteiger partial charge in [0.05, 0.1) is 11.9 Å². The topological polar surface area (TPSA) is 42.2 Å². The first-order valence-electron chi connectivity index (χ1n) is 7.73. The number of nitrogens with zero attached hydrogens (tertiary/aromatic N) is 1. The molecule has 0 fully saturated rings. The largest absolute Gasteiger partial charge is 0.481 e. The molecule has 0 saturated heterocycles. The highest BCUT2D eigenvalue weighted by Gasteiger charge is 2.24. The molecule has 0 spiro atoms. The number of thioether (sulfide) groups is 1. The monoisotopic (exact) mass is 377 g/mol. The van der Waals surface area contributed by atoms with Gasteiger partial charge in [-0.3, -0.25) is 4.79 Å². The van der Waals surface area contributed by atoms with Crippen LogP contribution in [0.3, 0.4) is 0 Å². The van der Waals surface area contributed by atoms with Gasteiger partial charge in [0, 0.05) is 16.0 Å². The molecule has 0 aliphatic rings. The van der Waals surface area contributed by atoms with Gasteiger partial charge in [0.2, 0.25) is 0 Å². The zero-order valence-corrected chi connectivity index (χ0v) is 15.1. The third-order valence-electron chi connectivity index (χ3n) is 4.10. The number of benzene rings is 2. The van der Waals surface area contributed by atoms with Crippen molar-refractivity contribution in [2.45, 2.75) is 23.5 Å². The highest BCUT2D eigenvalue weighted by atomic mass is 35.5. The van der Waals surface area contributed by atoms with E-state index in [0.29, 0.717) is 11.3 Å². The summed E-state index contributed by atoms with van der Waals surface area (Å²) < 4.78 is 14.9. The van der Waals surface area contributed by atoms with Crippen molar-refractivity contribution in [2.75, 3.05) is 6.26 Å². The summed E-state index contributed by atoms with van der Waals surface area (Å²) >= 11 is 8.18. The highest BCUT2D eigenvalue weighted by Crippen LogP contribution is 2.39. The Kier molecular flexibility index (Phi) is 5.35. The number of aromatic nitrogens is 1. The Hall–Kier alpha value is -1.98. The highest BCUT2D eigenvalue weighted by molar-refractivity contribution is 7.98. The minimum absolute atomic E-state index is 0.147. The number of rotatable bonds is 6. The van der Waals surface area contributed by atoms with E-state index in [0.717, 1.165) is 21.4 Å². The van der Waals surface area contributed by atoms with Crippen LogP contribution >= 0.6 is 23.4 Å². The number of aliphatic carboxylic acids is 1. The molecule has 25 heavy (non-hydrogen) atoms. The van der Waals surface area contributed by atoms with Gasteiger partial charge < -0.3 is 9.67 Å². The molecule has 0 aliphatic carbocycles. The summed E-state index contributed by atoms with van der Waals surface area (Å²) in [6, 6.07) is 14.8. The minimum atomic E-state index is -0.929. The maximum atomic E-state index is 13.1. The standard InChI is InChI=1S/C19H17ClFNO2S/c1-25-18-14-9-12(11-21)7-8-15(14)22(16(18)10-17(23)24)19(20)13-5-3-2-4-6-13/h2-9,19H,10-11H2,1H3,(H,23,24). The second kappa shape index (κ2) is 7.50. The number of carboxylic acids is 1. The quantitative estimate of drug-likeness (QED) is 0.471. The van der Waals surface area contributed by atoms with E-state index >= 15 is 0 Å². The van der Waals surface area contributed by atoms with Crippen molar-refractivity contribution >= 4 is 40.2 Å². The lowest BCUT2D eigenvalue weighted by atomic mass is 10.1. The van der Waals surface area contributed by atoms with Crippen molar-refractivity contribution in [2.24, 2.45) is 0 Å². The van der Waals surface area contributed by atoms with E-state index < -0.39 is 18.1 Å². The van der Waals surface area contributed by atoms with Gasteiger partial charge in [-0.1, -0.05) is 48.0 Å². The van der Waals surface area contributed by atoms with E-state index in [1.54, 1.807) is 12.1 Å². The third-order valence-corrected chi connectivity index (χ3v) is 5.41. The van der Waals surface area contributed by atoms with Gasteiger partial charge in [-0.25, -0.2) is 4.39 Å². The van der Waals surface area contributed by atoms with Crippen molar-refractivity contribution in [1.29, 1.82) is 0 Å². The summed E-state index contributed by atoms with van der Waals surface area (Å²) in [5.74, 6) is -0.929. The first-order chi connectivity index (χ1) is 12.1. The van der Waals surface area contributed by atoms with Crippen LogP contribution in [0.2, 0.25) is 0 Å². The van der Waals surface area contributed by atoms with Gasteiger partial charge in [0.25, 0.3) is 0 Å². The first-order valence-corrected chi connectivity index (χ1v) is 9.39. The molecule has 6 heteroatoms. The Morgan fingerprint density at radius 1 is 1.28 bits per heavy atom. The van der Waals surface area contributed by atoms with E-state index in [1.165, 1.54) is 11.8 Å². The number of hydrogen-bond acceptors (Lipinski definition) is 2. The lowest BCUT2D eigenvalue weighted by Crippen LogP contribution is -2.12. The van der Waals surface area contributed by atoms with Crippen LogP contribution < -0.4 is 0 Å². The van der Waals surface area contributed by atoms with Crippen LogP contribution in [0.4, 0.5) is 4.39 Å². The molecule has 0 bridgehead atoms. The minimum Gasteiger partial charge on any atom is -0.481 e. The Morgan fingerprint density at radius 2 is 2.00 bits per heavy atom. The second-order valence-corrected chi connectivity index (χ2v) is 6.88. The predicted octanol–water partition coefficient (Wildman–Crippen LogP) is 5.25. The van der Waals surface area contributed by atoms with Gasteiger partial charge in [0.1, 0.15) is 12.2 Å². The molecule has 0 aliphatic heterocycles. The molecule has 0 amide bonds. The maximum Gasteiger partial charge on any atom is 0.309 e. The van der Waals surface area contributed by atoms with E-state index in [2.05, 4.69) is 0 Å². The molecular formula is C19H17ClFNO2S. The number of carbonyl (C=O) groups is 1.